The van der Waals surface area contributed by atoms with Crippen LogP contribution in [0, 0.1) is 27.4 Å². The van der Waals surface area contributed by atoms with Gasteiger partial charge < -0.3 is 18.9 Å². The minimum atomic E-state index is -1.41. The van der Waals surface area contributed by atoms with E-state index in [9.17, 15) is 19.7 Å². The Balaban J connectivity index is 3.00. The van der Waals surface area contributed by atoms with Gasteiger partial charge in [0.2, 0.25) is 6.54 Å². The van der Waals surface area contributed by atoms with E-state index in [0.29, 0.717) is 0 Å². The molecule has 0 saturated heterocycles. The lowest BCUT2D eigenvalue weighted by atomic mass is 9.72. The van der Waals surface area contributed by atoms with Crippen LogP contribution in [0.3, 0.4) is 0 Å². The summed E-state index contributed by atoms with van der Waals surface area (Å²) in [5.74, 6) is -3.31. The second-order valence-corrected chi connectivity index (χ2v) is 7.43. The standard InChI is InChI=1S/C21H31NO8/c1-6-29-19(23)18(20(24)30-7-2)17(12-22(25)26)21(3,4)14-28-13-15-8-10-16(27-5)11-9-15/h8-11,17-18H,6-7,12-14H2,1-5H3. The van der Waals surface area contributed by atoms with Crippen LogP contribution in [0.15, 0.2) is 24.3 Å². The molecule has 1 aromatic rings. The lowest BCUT2D eigenvalue weighted by Gasteiger charge is -2.34. The van der Waals surface area contributed by atoms with Gasteiger partial charge in [-0.3, -0.25) is 19.7 Å². The number of hydrogen-bond acceptors (Lipinski definition) is 8. The first-order valence-corrected chi connectivity index (χ1v) is 9.82. The fraction of sp³-hybridized carbons (Fsp3) is 0.619. The molecule has 0 bridgehead atoms. The molecule has 0 aliphatic rings. The van der Waals surface area contributed by atoms with Crippen molar-refractivity contribution in [2.75, 3.05) is 33.5 Å². The van der Waals surface area contributed by atoms with Gasteiger partial charge in [0.05, 0.1) is 39.5 Å². The Morgan fingerprint density at radius 1 is 1.07 bits per heavy atom. The van der Waals surface area contributed by atoms with E-state index in [1.165, 1.54) is 0 Å². The summed E-state index contributed by atoms with van der Waals surface area (Å²) in [6.07, 6.45) is 0. The Kier molecular flexibility index (Phi) is 10.2. The van der Waals surface area contributed by atoms with Gasteiger partial charge in [-0.1, -0.05) is 26.0 Å². The van der Waals surface area contributed by atoms with E-state index in [-0.39, 0.29) is 26.4 Å². The number of carbonyl (C=O) groups is 2. The molecule has 9 nitrogen and oxygen atoms in total. The number of rotatable bonds is 13. The van der Waals surface area contributed by atoms with Crippen molar-refractivity contribution in [3.63, 3.8) is 0 Å². The van der Waals surface area contributed by atoms with E-state index in [1.807, 2.05) is 12.1 Å². The monoisotopic (exact) mass is 425 g/mol. The third-order valence-electron chi connectivity index (χ3n) is 4.73. The van der Waals surface area contributed by atoms with Crippen LogP contribution in [-0.4, -0.2) is 50.3 Å². The van der Waals surface area contributed by atoms with E-state index in [1.54, 1.807) is 46.9 Å². The Hall–Kier alpha value is -2.68. The fourth-order valence-electron chi connectivity index (χ4n) is 3.11. The van der Waals surface area contributed by atoms with Crippen LogP contribution >= 0.6 is 0 Å². The molecule has 1 rings (SSSR count). The minimum Gasteiger partial charge on any atom is -0.497 e. The molecule has 0 N–H and O–H groups in total. The average molecular weight is 425 g/mol. The van der Waals surface area contributed by atoms with Crippen LogP contribution in [0.2, 0.25) is 0 Å². The predicted molar refractivity (Wildman–Crippen MR) is 109 cm³/mol. The molecule has 0 heterocycles. The summed E-state index contributed by atoms with van der Waals surface area (Å²) in [6.45, 7) is 6.51. The van der Waals surface area contributed by atoms with Gasteiger partial charge in [-0.2, -0.15) is 0 Å². The molecular formula is C21H31NO8. The Labute approximate surface area is 176 Å². The van der Waals surface area contributed by atoms with Gasteiger partial charge in [0.1, 0.15) is 5.75 Å². The molecule has 0 aliphatic carbocycles. The van der Waals surface area contributed by atoms with Crippen LogP contribution < -0.4 is 4.74 Å². The molecule has 1 unspecified atom stereocenters. The third-order valence-corrected chi connectivity index (χ3v) is 4.73. The third kappa shape index (κ3) is 7.62. The quantitative estimate of drug-likeness (QED) is 0.205. The maximum atomic E-state index is 12.5. The summed E-state index contributed by atoms with van der Waals surface area (Å²) >= 11 is 0. The Morgan fingerprint density at radius 2 is 1.60 bits per heavy atom. The van der Waals surface area contributed by atoms with Gasteiger partial charge in [0.15, 0.2) is 5.92 Å². The largest absolute Gasteiger partial charge is 0.497 e. The normalized spacial score (nSPS) is 12.3. The molecule has 9 heteroatoms. The molecule has 30 heavy (non-hydrogen) atoms. The van der Waals surface area contributed by atoms with Crippen molar-refractivity contribution in [2.45, 2.75) is 34.3 Å². The average Bonchev–Trinajstić information content (AvgIpc) is 2.68. The summed E-state index contributed by atoms with van der Waals surface area (Å²) in [5, 5.41) is 11.3. The Bertz CT molecular complexity index is 683. The van der Waals surface area contributed by atoms with Crippen molar-refractivity contribution in [3.05, 3.63) is 39.9 Å². The Morgan fingerprint density at radius 3 is 2.03 bits per heavy atom. The lowest BCUT2D eigenvalue weighted by Crippen LogP contribution is -2.46. The summed E-state index contributed by atoms with van der Waals surface area (Å²) in [6, 6.07) is 7.30. The lowest BCUT2D eigenvalue weighted by molar-refractivity contribution is -0.493. The molecular weight excluding hydrogens is 394 g/mol. The highest BCUT2D eigenvalue weighted by Gasteiger charge is 2.48. The maximum absolute atomic E-state index is 12.5. The maximum Gasteiger partial charge on any atom is 0.320 e. The number of nitro groups is 1. The molecule has 0 saturated carbocycles. The van der Waals surface area contributed by atoms with Gasteiger partial charge in [0, 0.05) is 4.92 Å². The molecule has 0 spiro atoms. The topological polar surface area (TPSA) is 114 Å². The highest BCUT2D eigenvalue weighted by atomic mass is 16.6. The first kappa shape index (κ1) is 25.4. The van der Waals surface area contributed by atoms with Crippen LogP contribution in [0.4, 0.5) is 0 Å². The smallest absolute Gasteiger partial charge is 0.320 e. The minimum absolute atomic E-state index is 0.0499. The van der Waals surface area contributed by atoms with E-state index < -0.39 is 40.7 Å². The zero-order valence-electron chi connectivity index (χ0n) is 18.2. The van der Waals surface area contributed by atoms with E-state index in [4.69, 9.17) is 18.9 Å². The molecule has 1 atom stereocenters. The number of benzene rings is 1. The number of nitrogens with zero attached hydrogens (tertiary/aromatic N) is 1. The van der Waals surface area contributed by atoms with Crippen LogP contribution in [0.5, 0.6) is 5.75 Å². The van der Waals surface area contributed by atoms with Crippen molar-refractivity contribution in [1.29, 1.82) is 0 Å². The van der Waals surface area contributed by atoms with E-state index >= 15 is 0 Å². The van der Waals surface area contributed by atoms with Gasteiger partial charge in [-0.15, -0.1) is 0 Å². The zero-order chi connectivity index (χ0) is 22.7. The molecule has 0 fully saturated rings. The van der Waals surface area contributed by atoms with Crippen molar-refractivity contribution in [3.8, 4) is 5.75 Å². The molecule has 0 aromatic heterocycles. The fourth-order valence-corrected chi connectivity index (χ4v) is 3.11. The van der Waals surface area contributed by atoms with Gasteiger partial charge >= 0.3 is 11.9 Å². The van der Waals surface area contributed by atoms with E-state index in [2.05, 4.69) is 0 Å². The highest BCUT2D eigenvalue weighted by molar-refractivity contribution is 5.95. The number of ether oxygens (including phenoxy) is 4. The summed E-state index contributed by atoms with van der Waals surface area (Å²) in [7, 11) is 1.58. The molecule has 0 radical (unpaired) electrons. The number of esters is 2. The summed E-state index contributed by atoms with van der Waals surface area (Å²) < 4.78 is 20.9. The highest BCUT2D eigenvalue weighted by Crippen LogP contribution is 2.35. The second-order valence-electron chi connectivity index (χ2n) is 7.43. The van der Waals surface area contributed by atoms with Gasteiger partial charge in [-0.25, -0.2) is 0 Å². The van der Waals surface area contributed by atoms with Crippen LogP contribution in [-0.2, 0) is 30.4 Å². The zero-order valence-corrected chi connectivity index (χ0v) is 18.2. The van der Waals surface area contributed by atoms with E-state index in [0.717, 1.165) is 11.3 Å². The number of hydrogen-bond donors (Lipinski definition) is 0. The molecule has 0 aliphatic heterocycles. The molecule has 168 valence electrons. The van der Waals surface area contributed by atoms with Crippen molar-refractivity contribution in [2.24, 2.45) is 17.3 Å². The van der Waals surface area contributed by atoms with Crippen LogP contribution in [0.25, 0.3) is 0 Å². The van der Waals surface area contributed by atoms with Gasteiger partial charge in [0.25, 0.3) is 0 Å². The summed E-state index contributed by atoms with van der Waals surface area (Å²) in [4.78, 5) is 35.8. The van der Waals surface area contributed by atoms with Crippen molar-refractivity contribution in [1.82, 2.24) is 0 Å². The number of carbonyl (C=O) groups excluding carboxylic acids is 2. The molecule has 0 amide bonds. The molecule has 1 aromatic carbocycles. The van der Waals surface area contributed by atoms with Crippen molar-refractivity contribution < 1.29 is 33.5 Å². The van der Waals surface area contributed by atoms with Crippen LogP contribution in [0.1, 0.15) is 33.3 Å². The first-order chi connectivity index (χ1) is 14.2. The first-order valence-electron chi connectivity index (χ1n) is 9.82. The van der Waals surface area contributed by atoms with Gasteiger partial charge in [-0.05, 0) is 37.0 Å². The number of methoxy groups -OCH3 is 1. The predicted octanol–water partition coefficient (Wildman–Crippen LogP) is 2.87. The SMILES string of the molecule is CCOC(=O)C(C(=O)OCC)C(C[N+](=O)[O-])C(C)(C)COCc1ccc(OC)cc1. The van der Waals surface area contributed by atoms with Crippen molar-refractivity contribution >= 4 is 11.9 Å². The second kappa shape index (κ2) is 12.1. The summed E-state index contributed by atoms with van der Waals surface area (Å²) in [5.41, 5.74) is 0.00811.